The van der Waals surface area contributed by atoms with Gasteiger partial charge in [-0.1, -0.05) is 30.3 Å². The zero-order valence-electron chi connectivity index (χ0n) is 14.8. The summed E-state index contributed by atoms with van der Waals surface area (Å²) in [6, 6.07) is 10.9. The molecule has 3 aromatic rings. The Kier molecular flexibility index (Phi) is 4.83. The molecule has 0 unspecified atom stereocenters. The van der Waals surface area contributed by atoms with Crippen LogP contribution in [-0.4, -0.2) is 38.4 Å². The Hall–Kier alpha value is -3.42. The van der Waals surface area contributed by atoms with Crippen molar-refractivity contribution in [2.24, 2.45) is 7.05 Å². The topological polar surface area (TPSA) is 93.8 Å². The summed E-state index contributed by atoms with van der Waals surface area (Å²) in [7, 11) is 3.29. The van der Waals surface area contributed by atoms with Gasteiger partial charge in [0.15, 0.2) is 5.69 Å². The molecule has 134 valence electrons. The summed E-state index contributed by atoms with van der Waals surface area (Å²) >= 11 is 0. The van der Waals surface area contributed by atoms with E-state index in [2.05, 4.69) is 20.8 Å². The van der Waals surface area contributed by atoms with Gasteiger partial charge in [0, 0.05) is 26.4 Å². The molecule has 0 radical (unpaired) electrons. The number of anilines is 1. The predicted octanol–water partition coefficient (Wildman–Crippen LogP) is 1.84. The van der Waals surface area contributed by atoms with Gasteiger partial charge in [0.2, 0.25) is 0 Å². The molecule has 0 saturated carbocycles. The molecule has 2 N–H and O–H groups in total. The number of nitrogens with one attached hydrogen (secondary N) is 2. The number of carbonyl (C=O) groups is 2. The summed E-state index contributed by atoms with van der Waals surface area (Å²) in [6.45, 7) is 1.93. The lowest BCUT2D eigenvalue weighted by molar-refractivity contribution is 0.0956. The lowest BCUT2D eigenvalue weighted by Crippen LogP contribution is -2.21. The van der Waals surface area contributed by atoms with E-state index < -0.39 is 0 Å². The molecule has 26 heavy (non-hydrogen) atoms. The monoisotopic (exact) mass is 352 g/mol. The average Bonchev–Trinajstić information content (AvgIpc) is 3.27. The molecule has 2 heterocycles. The van der Waals surface area contributed by atoms with Gasteiger partial charge in [0.1, 0.15) is 5.69 Å². The van der Waals surface area contributed by atoms with Crippen LogP contribution in [0.25, 0.3) is 0 Å². The second-order valence-corrected chi connectivity index (χ2v) is 5.88. The number of benzene rings is 1. The quantitative estimate of drug-likeness (QED) is 0.733. The standard InChI is InChI=1S/C18H20N6O2/c1-12(13-7-5-4-6-8-13)24-16(9-15(22-24)17(25)19-2)18(26)21-14-10-20-23(3)11-14/h4-12H,1-3H3,(H,19,25)(H,21,26)/t12-/m0/s1. The van der Waals surface area contributed by atoms with Gasteiger partial charge in [-0.25, -0.2) is 0 Å². The molecule has 8 nitrogen and oxygen atoms in total. The SMILES string of the molecule is CNC(=O)c1cc(C(=O)Nc2cnn(C)c2)n([C@@H](C)c2ccccc2)n1. The summed E-state index contributed by atoms with van der Waals surface area (Å²) in [4.78, 5) is 24.8. The second kappa shape index (κ2) is 7.22. The van der Waals surface area contributed by atoms with Crippen LogP contribution >= 0.6 is 0 Å². The molecule has 0 aliphatic rings. The van der Waals surface area contributed by atoms with Gasteiger partial charge in [-0.15, -0.1) is 0 Å². The average molecular weight is 352 g/mol. The van der Waals surface area contributed by atoms with Crippen LogP contribution in [0, 0.1) is 0 Å². The first-order valence-corrected chi connectivity index (χ1v) is 8.16. The van der Waals surface area contributed by atoms with Gasteiger partial charge in [-0.2, -0.15) is 10.2 Å². The van der Waals surface area contributed by atoms with Crippen molar-refractivity contribution in [2.45, 2.75) is 13.0 Å². The molecular formula is C18H20N6O2. The van der Waals surface area contributed by atoms with E-state index in [1.165, 1.54) is 13.1 Å². The van der Waals surface area contributed by atoms with E-state index in [0.29, 0.717) is 11.4 Å². The van der Waals surface area contributed by atoms with E-state index in [-0.39, 0.29) is 23.6 Å². The maximum atomic E-state index is 12.8. The summed E-state index contributed by atoms with van der Waals surface area (Å²) in [5.74, 6) is -0.706. The lowest BCUT2D eigenvalue weighted by atomic mass is 10.1. The first-order chi connectivity index (χ1) is 12.5. The smallest absolute Gasteiger partial charge is 0.274 e. The molecule has 2 amide bonds. The molecule has 8 heteroatoms. The van der Waals surface area contributed by atoms with Crippen LogP contribution in [0.15, 0.2) is 48.8 Å². The van der Waals surface area contributed by atoms with Gasteiger partial charge in [-0.05, 0) is 12.5 Å². The zero-order valence-corrected chi connectivity index (χ0v) is 14.8. The number of carbonyl (C=O) groups excluding carboxylic acids is 2. The highest BCUT2D eigenvalue weighted by Gasteiger charge is 2.23. The Bertz CT molecular complexity index is 928. The minimum Gasteiger partial charge on any atom is -0.354 e. The zero-order chi connectivity index (χ0) is 18.7. The molecule has 1 atom stereocenters. The summed E-state index contributed by atoms with van der Waals surface area (Å²) in [6.07, 6.45) is 3.25. The van der Waals surface area contributed by atoms with E-state index in [0.717, 1.165) is 5.56 Å². The van der Waals surface area contributed by atoms with Gasteiger partial charge >= 0.3 is 0 Å². The van der Waals surface area contributed by atoms with E-state index in [1.54, 1.807) is 28.8 Å². The highest BCUT2D eigenvalue weighted by molar-refractivity contribution is 6.04. The number of rotatable bonds is 5. The van der Waals surface area contributed by atoms with Crippen LogP contribution in [0.5, 0.6) is 0 Å². The molecule has 2 aromatic heterocycles. The Morgan fingerprint density at radius 3 is 2.50 bits per heavy atom. The molecule has 0 aliphatic carbocycles. The molecule has 0 aliphatic heterocycles. The minimum atomic E-state index is -0.358. The van der Waals surface area contributed by atoms with Crippen molar-refractivity contribution in [3.63, 3.8) is 0 Å². The minimum absolute atomic E-state index is 0.187. The van der Waals surface area contributed by atoms with Crippen molar-refractivity contribution in [3.8, 4) is 0 Å². The summed E-state index contributed by atoms with van der Waals surface area (Å²) < 4.78 is 3.15. The van der Waals surface area contributed by atoms with E-state index >= 15 is 0 Å². The predicted molar refractivity (Wildman–Crippen MR) is 97.0 cm³/mol. The largest absolute Gasteiger partial charge is 0.354 e. The van der Waals surface area contributed by atoms with E-state index in [1.807, 2.05) is 37.3 Å². The van der Waals surface area contributed by atoms with E-state index in [9.17, 15) is 9.59 Å². The van der Waals surface area contributed by atoms with Crippen molar-refractivity contribution < 1.29 is 9.59 Å². The number of amides is 2. The van der Waals surface area contributed by atoms with Crippen LogP contribution < -0.4 is 10.6 Å². The second-order valence-electron chi connectivity index (χ2n) is 5.88. The third kappa shape index (κ3) is 3.49. The van der Waals surface area contributed by atoms with Crippen LogP contribution in [0.4, 0.5) is 5.69 Å². The lowest BCUT2D eigenvalue weighted by Gasteiger charge is -2.15. The highest BCUT2D eigenvalue weighted by Crippen LogP contribution is 2.21. The highest BCUT2D eigenvalue weighted by atomic mass is 16.2. The maximum absolute atomic E-state index is 12.8. The van der Waals surface area contributed by atoms with Crippen LogP contribution in [0.2, 0.25) is 0 Å². The van der Waals surface area contributed by atoms with Crippen molar-refractivity contribution >= 4 is 17.5 Å². The number of nitrogens with zero attached hydrogens (tertiary/aromatic N) is 4. The molecular weight excluding hydrogens is 332 g/mol. The fraction of sp³-hybridized carbons (Fsp3) is 0.222. The van der Waals surface area contributed by atoms with Crippen LogP contribution in [0.1, 0.15) is 39.5 Å². The van der Waals surface area contributed by atoms with Crippen LogP contribution in [-0.2, 0) is 7.05 Å². The molecule has 0 spiro atoms. The van der Waals surface area contributed by atoms with Crippen molar-refractivity contribution in [1.82, 2.24) is 24.9 Å². The van der Waals surface area contributed by atoms with Gasteiger partial charge in [0.05, 0.1) is 17.9 Å². The van der Waals surface area contributed by atoms with Gasteiger partial charge in [0.25, 0.3) is 11.8 Å². The van der Waals surface area contributed by atoms with Gasteiger partial charge in [-0.3, -0.25) is 19.0 Å². The third-order valence-electron chi connectivity index (χ3n) is 4.04. The van der Waals surface area contributed by atoms with Crippen molar-refractivity contribution in [2.75, 3.05) is 12.4 Å². The fourth-order valence-corrected chi connectivity index (χ4v) is 2.65. The van der Waals surface area contributed by atoms with Gasteiger partial charge < -0.3 is 10.6 Å². The summed E-state index contributed by atoms with van der Waals surface area (Å²) in [5, 5.41) is 13.7. The first kappa shape index (κ1) is 17.4. The molecule has 0 saturated heterocycles. The number of hydrogen-bond acceptors (Lipinski definition) is 4. The normalized spacial score (nSPS) is 11.8. The number of hydrogen-bond donors (Lipinski definition) is 2. The first-order valence-electron chi connectivity index (χ1n) is 8.16. The van der Waals surface area contributed by atoms with Crippen LogP contribution in [0.3, 0.4) is 0 Å². The van der Waals surface area contributed by atoms with E-state index in [4.69, 9.17) is 0 Å². The Balaban J connectivity index is 1.98. The molecule has 3 rings (SSSR count). The molecule has 0 bridgehead atoms. The fourth-order valence-electron chi connectivity index (χ4n) is 2.65. The number of aryl methyl sites for hydroxylation is 1. The number of aromatic nitrogens is 4. The Labute approximate surface area is 150 Å². The molecule has 1 aromatic carbocycles. The third-order valence-corrected chi connectivity index (χ3v) is 4.04. The summed E-state index contributed by atoms with van der Waals surface area (Å²) in [5.41, 5.74) is 2.03. The molecule has 0 fully saturated rings. The maximum Gasteiger partial charge on any atom is 0.274 e. The van der Waals surface area contributed by atoms with Crippen molar-refractivity contribution in [1.29, 1.82) is 0 Å². The Morgan fingerprint density at radius 2 is 1.88 bits per heavy atom. The van der Waals surface area contributed by atoms with Crippen molar-refractivity contribution in [3.05, 3.63) is 65.7 Å². The Morgan fingerprint density at radius 1 is 1.15 bits per heavy atom.